The fourth-order valence-corrected chi connectivity index (χ4v) is 4.24. The molecule has 4 rings (SSSR count). The van der Waals surface area contributed by atoms with Gasteiger partial charge < -0.3 is 21.7 Å². The van der Waals surface area contributed by atoms with Crippen LogP contribution in [-0.4, -0.2) is 49.4 Å². The number of nitrogens with one attached hydrogen (secondary N) is 3. The van der Waals surface area contributed by atoms with Crippen molar-refractivity contribution in [2.24, 2.45) is 0 Å². The number of para-hydroxylation sites is 2. The Morgan fingerprint density at radius 1 is 1.07 bits per heavy atom. The molecule has 1 fully saturated rings. The molecule has 0 unspecified atom stereocenters. The third kappa shape index (κ3) is 4.73. The van der Waals surface area contributed by atoms with Gasteiger partial charge in [-0.3, -0.25) is 14.5 Å². The summed E-state index contributed by atoms with van der Waals surface area (Å²) in [5, 5.41) is 9.99. The highest BCUT2D eigenvalue weighted by Gasteiger charge is 2.15. The van der Waals surface area contributed by atoms with Crippen LogP contribution < -0.4 is 21.7 Å². The van der Waals surface area contributed by atoms with E-state index in [0.717, 1.165) is 42.0 Å². The molecule has 29 heavy (non-hydrogen) atoms. The number of benzene rings is 2. The van der Waals surface area contributed by atoms with E-state index >= 15 is 0 Å². The van der Waals surface area contributed by atoms with Crippen LogP contribution in [0.15, 0.2) is 48.5 Å². The zero-order valence-electron chi connectivity index (χ0n) is 15.9. The first-order valence-corrected chi connectivity index (χ1v) is 10.3. The number of nitrogens with zero attached hydrogens (tertiary/aromatic N) is 1. The molecule has 1 aliphatic rings. The van der Waals surface area contributed by atoms with Crippen molar-refractivity contribution in [3.05, 3.63) is 53.4 Å². The summed E-state index contributed by atoms with van der Waals surface area (Å²) in [5.41, 5.74) is 7.75. The van der Waals surface area contributed by atoms with Crippen LogP contribution >= 0.6 is 11.3 Å². The lowest BCUT2D eigenvalue weighted by Gasteiger charge is -2.26. The van der Waals surface area contributed by atoms with Crippen LogP contribution in [0.4, 0.5) is 17.1 Å². The first-order chi connectivity index (χ1) is 14.1. The van der Waals surface area contributed by atoms with E-state index in [2.05, 4.69) is 20.9 Å². The molecule has 5 N–H and O–H groups in total. The number of anilines is 3. The van der Waals surface area contributed by atoms with Crippen LogP contribution in [0.3, 0.4) is 0 Å². The molecule has 8 heteroatoms. The maximum absolute atomic E-state index is 12.6. The Balaban J connectivity index is 1.43. The van der Waals surface area contributed by atoms with Gasteiger partial charge in [0.25, 0.3) is 5.91 Å². The molecule has 1 aliphatic heterocycles. The van der Waals surface area contributed by atoms with E-state index in [-0.39, 0.29) is 11.8 Å². The SMILES string of the molecule is Nc1ccccc1NC(=O)c1cc2cc(NC(=O)CN3CCNCC3)ccc2s1. The van der Waals surface area contributed by atoms with Gasteiger partial charge in [0.15, 0.2) is 0 Å². The number of hydrogen-bond acceptors (Lipinski definition) is 6. The number of nitrogens with two attached hydrogens (primary N) is 1. The predicted octanol–water partition coefficient (Wildman–Crippen LogP) is 2.58. The second kappa shape index (κ2) is 8.60. The number of rotatable bonds is 5. The van der Waals surface area contributed by atoms with Crippen molar-refractivity contribution in [3.63, 3.8) is 0 Å². The summed E-state index contributed by atoms with van der Waals surface area (Å²) >= 11 is 1.41. The number of piperazine rings is 1. The quantitative estimate of drug-likeness (QED) is 0.486. The van der Waals surface area contributed by atoms with Gasteiger partial charge in [0, 0.05) is 36.6 Å². The summed E-state index contributed by atoms with van der Waals surface area (Å²) in [5.74, 6) is -0.229. The average molecular weight is 410 g/mol. The Kier molecular flexibility index (Phi) is 5.75. The molecule has 0 spiro atoms. The third-order valence-electron chi connectivity index (χ3n) is 4.81. The lowest BCUT2D eigenvalue weighted by molar-refractivity contribution is -0.117. The molecule has 0 saturated carbocycles. The molecule has 0 aliphatic carbocycles. The highest BCUT2D eigenvalue weighted by Crippen LogP contribution is 2.29. The van der Waals surface area contributed by atoms with E-state index in [1.807, 2.05) is 36.4 Å². The van der Waals surface area contributed by atoms with Crippen LogP contribution in [0.5, 0.6) is 0 Å². The summed E-state index contributed by atoms with van der Waals surface area (Å²) in [6.07, 6.45) is 0. The number of fused-ring (bicyclic) bond motifs is 1. The van der Waals surface area contributed by atoms with Crippen LogP contribution in [0.25, 0.3) is 10.1 Å². The van der Waals surface area contributed by atoms with Crippen molar-refractivity contribution < 1.29 is 9.59 Å². The molecule has 1 aromatic heterocycles. The molecule has 0 bridgehead atoms. The summed E-state index contributed by atoms with van der Waals surface area (Å²) in [7, 11) is 0. The molecule has 0 radical (unpaired) electrons. The van der Waals surface area contributed by atoms with Crippen LogP contribution in [0, 0.1) is 0 Å². The molecule has 3 aromatic rings. The van der Waals surface area contributed by atoms with E-state index in [0.29, 0.717) is 22.8 Å². The maximum atomic E-state index is 12.6. The zero-order valence-corrected chi connectivity index (χ0v) is 16.7. The van der Waals surface area contributed by atoms with Gasteiger partial charge >= 0.3 is 0 Å². The Labute approximate surface area is 172 Å². The van der Waals surface area contributed by atoms with Gasteiger partial charge in [-0.1, -0.05) is 12.1 Å². The van der Waals surface area contributed by atoms with Gasteiger partial charge in [-0.05, 0) is 41.8 Å². The molecule has 2 amide bonds. The van der Waals surface area contributed by atoms with Crippen LogP contribution in [0.2, 0.25) is 0 Å². The van der Waals surface area contributed by atoms with Gasteiger partial charge in [-0.15, -0.1) is 11.3 Å². The highest BCUT2D eigenvalue weighted by molar-refractivity contribution is 7.20. The molecular formula is C21H23N5O2S. The second-order valence-electron chi connectivity index (χ2n) is 6.98. The van der Waals surface area contributed by atoms with Gasteiger partial charge in [0.2, 0.25) is 5.91 Å². The standard InChI is InChI=1S/C21H23N5O2S/c22-16-3-1-2-4-17(16)25-21(28)19-12-14-11-15(5-6-18(14)29-19)24-20(27)13-26-9-7-23-8-10-26/h1-6,11-12,23H,7-10,13,22H2,(H,24,27)(H,25,28). The molecule has 0 atom stereocenters. The van der Waals surface area contributed by atoms with Crippen molar-refractivity contribution in [3.8, 4) is 0 Å². The smallest absolute Gasteiger partial charge is 0.265 e. The van der Waals surface area contributed by atoms with E-state index in [1.54, 1.807) is 12.1 Å². The Bertz CT molecular complexity index is 1040. The minimum Gasteiger partial charge on any atom is -0.397 e. The second-order valence-corrected chi connectivity index (χ2v) is 8.06. The first kappa shape index (κ1) is 19.4. The first-order valence-electron chi connectivity index (χ1n) is 9.51. The van der Waals surface area contributed by atoms with Crippen molar-refractivity contribution in [2.45, 2.75) is 0 Å². The fraction of sp³-hybridized carbons (Fsp3) is 0.238. The molecule has 2 heterocycles. The number of carbonyl (C=O) groups is 2. The lowest BCUT2D eigenvalue weighted by atomic mass is 10.2. The molecule has 7 nitrogen and oxygen atoms in total. The topological polar surface area (TPSA) is 99.5 Å². The minimum absolute atomic E-state index is 0.0287. The minimum atomic E-state index is -0.201. The van der Waals surface area contributed by atoms with Crippen LogP contribution in [0.1, 0.15) is 9.67 Å². The molecular weight excluding hydrogens is 386 g/mol. The normalized spacial score (nSPS) is 14.6. The van der Waals surface area contributed by atoms with Gasteiger partial charge in [0.05, 0.1) is 22.8 Å². The summed E-state index contributed by atoms with van der Waals surface area (Å²) in [4.78, 5) is 27.6. The lowest BCUT2D eigenvalue weighted by Crippen LogP contribution is -2.46. The number of nitrogen functional groups attached to an aromatic ring is 1. The van der Waals surface area contributed by atoms with Gasteiger partial charge in [-0.2, -0.15) is 0 Å². The van der Waals surface area contributed by atoms with Crippen molar-refractivity contribution in [1.29, 1.82) is 0 Å². The summed E-state index contributed by atoms with van der Waals surface area (Å²) in [6.45, 7) is 3.96. The number of amides is 2. The Morgan fingerprint density at radius 2 is 1.86 bits per heavy atom. The highest BCUT2D eigenvalue weighted by atomic mass is 32.1. The van der Waals surface area contributed by atoms with E-state index in [1.165, 1.54) is 11.3 Å². The van der Waals surface area contributed by atoms with Crippen molar-refractivity contribution >= 4 is 50.3 Å². The van der Waals surface area contributed by atoms with Crippen LogP contribution in [-0.2, 0) is 4.79 Å². The van der Waals surface area contributed by atoms with Crippen molar-refractivity contribution in [2.75, 3.05) is 49.1 Å². The van der Waals surface area contributed by atoms with Crippen molar-refractivity contribution in [1.82, 2.24) is 10.2 Å². The Morgan fingerprint density at radius 3 is 2.66 bits per heavy atom. The summed E-state index contributed by atoms with van der Waals surface area (Å²) < 4.78 is 0.983. The molecule has 150 valence electrons. The third-order valence-corrected chi connectivity index (χ3v) is 5.92. The van der Waals surface area contributed by atoms with E-state index < -0.39 is 0 Å². The van der Waals surface area contributed by atoms with Gasteiger partial charge in [0.1, 0.15) is 0 Å². The predicted molar refractivity (Wildman–Crippen MR) is 119 cm³/mol. The number of thiophene rings is 1. The fourth-order valence-electron chi connectivity index (χ4n) is 3.30. The monoisotopic (exact) mass is 409 g/mol. The van der Waals surface area contributed by atoms with E-state index in [9.17, 15) is 9.59 Å². The zero-order chi connectivity index (χ0) is 20.2. The number of carbonyl (C=O) groups excluding carboxylic acids is 2. The summed E-state index contributed by atoms with van der Waals surface area (Å²) in [6, 6.07) is 14.7. The maximum Gasteiger partial charge on any atom is 0.265 e. The molecule has 1 saturated heterocycles. The van der Waals surface area contributed by atoms with Gasteiger partial charge in [-0.25, -0.2) is 0 Å². The average Bonchev–Trinajstić information content (AvgIpc) is 3.14. The molecule has 2 aromatic carbocycles. The Hall–Kier alpha value is -2.94. The number of hydrogen-bond donors (Lipinski definition) is 4. The largest absolute Gasteiger partial charge is 0.397 e. The van der Waals surface area contributed by atoms with E-state index in [4.69, 9.17) is 5.73 Å².